The molecule has 3 rings (SSSR count). The molecule has 2 aromatic heterocycles. The fourth-order valence-electron chi connectivity index (χ4n) is 2.82. The summed E-state index contributed by atoms with van der Waals surface area (Å²) in [5.74, 6) is 0.402. The number of aryl methyl sites for hydroxylation is 2. The smallest absolute Gasteiger partial charge is 0.248 e. The number of ether oxygens (including phenoxy) is 1. The molecule has 9 heteroatoms. The maximum Gasteiger partial charge on any atom is 0.248 e. The number of aromatic nitrogens is 5. The van der Waals surface area contributed by atoms with Crippen LogP contribution >= 0.6 is 11.6 Å². The normalized spacial score (nSPS) is 11.2. The van der Waals surface area contributed by atoms with E-state index in [1.165, 1.54) is 12.4 Å². The van der Waals surface area contributed by atoms with E-state index in [4.69, 9.17) is 16.3 Å². The van der Waals surface area contributed by atoms with Gasteiger partial charge in [0.15, 0.2) is 0 Å². The molecule has 0 aliphatic heterocycles. The number of nitrogens with zero attached hydrogens (tertiary/aromatic N) is 5. The molecule has 0 aliphatic carbocycles. The zero-order valence-corrected chi connectivity index (χ0v) is 17.8. The molecule has 0 saturated carbocycles. The van der Waals surface area contributed by atoms with Crippen molar-refractivity contribution in [1.29, 1.82) is 0 Å². The maximum atomic E-state index is 12.3. The summed E-state index contributed by atoms with van der Waals surface area (Å²) in [5, 5.41) is 11.8. The molecule has 0 unspecified atom stereocenters. The highest BCUT2D eigenvalue weighted by molar-refractivity contribution is 6.31. The first-order chi connectivity index (χ1) is 14.6. The first-order valence-corrected chi connectivity index (χ1v) is 10.2. The zero-order valence-electron chi connectivity index (χ0n) is 17.1. The van der Waals surface area contributed by atoms with E-state index >= 15 is 0 Å². The third-order valence-electron chi connectivity index (χ3n) is 4.39. The van der Waals surface area contributed by atoms with Crippen LogP contribution in [0, 0.1) is 6.92 Å². The van der Waals surface area contributed by atoms with Gasteiger partial charge in [0.05, 0.1) is 12.2 Å². The van der Waals surface area contributed by atoms with Gasteiger partial charge in [-0.25, -0.2) is 9.67 Å². The van der Waals surface area contributed by atoms with Crippen molar-refractivity contribution in [2.45, 2.75) is 39.8 Å². The lowest BCUT2D eigenvalue weighted by atomic mass is 10.2. The molecule has 30 heavy (non-hydrogen) atoms. The molecule has 0 fully saturated rings. The Labute approximate surface area is 180 Å². The second-order valence-electron chi connectivity index (χ2n) is 6.72. The van der Waals surface area contributed by atoms with E-state index in [1.54, 1.807) is 33.9 Å². The van der Waals surface area contributed by atoms with Gasteiger partial charge in [-0.1, -0.05) is 31.0 Å². The number of carbonyl (C=O) groups excluding carboxylic acids is 1. The molecule has 2 heterocycles. The summed E-state index contributed by atoms with van der Waals surface area (Å²) in [7, 11) is 0. The van der Waals surface area contributed by atoms with Gasteiger partial charge in [-0.05, 0) is 31.6 Å². The first-order valence-electron chi connectivity index (χ1n) is 9.84. The molecule has 1 aromatic carbocycles. The van der Waals surface area contributed by atoms with E-state index in [0.29, 0.717) is 29.7 Å². The lowest BCUT2D eigenvalue weighted by molar-refractivity contribution is -0.111. The van der Waals surface area contributed by atoms with E-state index in [0.717, 1.165) is 30.6 Å². The zero-order chi connectivity index (χ0) is 21.3. The van der Waals surface area contributed by atoms with Crippen LogP contribution in [0.25, 0.3) is 6.08 Å². The monoisotopic (exact) mass is 428 g/mol. The Morgan fingerprint density at radius 3 is 2.97 bits per heavy atom. The fraction of sp³-hybridized carbons (Fsp3) is 0.333. The molecule has 0 saturated heterocycles. The molecule has 0 atom stereocenters. The van der Waals surface area contributed by atoms with Crippen LogP contribution in [0.3, 0.4) is 0 Å². The molecule has 1 amide bonds. The van der Waals surface area contributed by atoms with E-state index in [2.05, 4.69) is 27.4 Å². The molecule has 0 spiro atoms. The minimum Gasteiger partial charge on any atom is -0.492 e. The van der Waals surface area contributed by atoms with Crippen molar-refractivity contribution in [2.75, 3.05) is 11.9 Å². The van der Waals surface area contributed by atoms with Crippen molar-refractivity contribution in [3.63, 3.8) is 0 Å². The van der Waals surface area contributed by atoms with E-state index in [9.17, 15) is 4.79 Å². The summed E-state index contributed by atoms with van der Waals surface area (Å²) in [5.41, 5.74) is 2.19. The minimum atomic E-state index is -0.258. The summed E-state index contributed by atoms with van der Waals surface area (Å²) in [6.45, 7) is 5.80. The Hall–Kier alpha value is -3.13. The van der Waals surface area contributed by atoms with Crippen LogP contribution in [0.5, 0.6) is 5.75 Å². The quantitative estimate of drug-likeness (QED) is 0.494. The standard InChI is InChI=1S/C21H25ClN6O2/c1-3-4-10-28-21(22)19(16(2)26-28)8-9-20(29)25-17-6-5-7-18(13-17)30-12-11-27-15-23-14-24-27/h5-9,13-15H,3-4,10-12H2,1-2H3,(H,25,29)/b9-8+. The van der Waals surface area contributed by atoms with Gasteiger partial charge < -0.3 is 10.1 Å². The van der Waals surface area contributed by atoms with Crippen LogP contribution in [0.15, 0.2) is 43.0 Å². The lowest BCUT2D eigenvalue weighted by Crippen LogP contribution is -2.10. The van der Waals surface area contributed by atoms with Crippen molar-refractivity contribution in [1.82, 2.24) is 24.5 Å². The van der Waals surface area contributed by atoms with Gasteiger partial charge >= 0.3 is 0 Å². The van der Waals surface area contributed by atoms with Crippen molar-refractivity contribution < 1.29 is 9.53 Å². The molecule has 0 aliphatic rings. The second-order valence-corrected chi connectivity index (χ2v) is 7.08. The molecule has 0 bridgehead atoms. The summed E-state index contributed by atoms with van der Waals surface area (Å²) in [4.78, 5) is 16.2. The van der Waals surface area contributed by atoms with E-state index in [1.807, 2.05) is 19.1 Å². The van der Waals surface area contributed by atoms with Gasteiger partial charge in [0.1, 0.15) is 30.2 Å². The number of nitrogens with one attached hydrogen (secondary N) is 1. The van der Waals surface area contributed by atoms with Crippen molar-refractivity contribution in [3.8, 4) is 5.75 Å². The van der Waals surface area contributed by atoms with Gasteiger partial charge in [0.2, 0.25) is 5.91 Å². The van der Waals surface area contributed by atoms with Crippen LogP contribution in [0.1, 0.15) is 31.0 Å². The van der Waals surface area contributed by atoms with Crippen LogP contribution in [-0.4, -0.2) is 37.1 Å². The average molecular weight is 429 g/mol. The Kier molecular flexibility index (Phi) is 7.62. The van der Waals surface area contributed by atoms with Gasteiger partial charge in [0, 0.05) is 29.9 Å². The van der Waals surface area contributed by atoms with Gasteiger partial charge in [-0.2, -0.15) is 10.2 Å². The van der Waals surface area contributed by atoms with Crippen molar-refractivity contribution in [3.05, 3.63) is 59.4 Å². The Morgan fingerprint density at radius 1 is 1.33 bits per heavy atom. The number of anilines is 1. The number of amides is 1. The molecule has 0 radical (unpaired) electrons. The summed E-state index contributed by atoms with van der Waals surface area (Å²) >= 11 is 6.41. The van der Waals surface area contributed by atoms with Crippen molar-refractivity contribution in [2.24, 2.45) is 0 Å². The van der Waals surface area contributed by atoms with Crippen LogP contribution < -0.4 is 10.1 Å². The summed E-state index contributed by atoms with van der Waals surface area (Å²) in [6, 6.07) is 7.23. The van der Waals surface area contributed by atoms with Crippen molar-refractivity contribution >= 4 is 29.3 Å². The first kappa shape index (κ1) is 21.6. The molecule has 158 valence electrons. The molecular formula is C21H25ClN6O2. The van der Waals surface area contributed by atoms with Crippen LogP contribution in [0.2, 0.25) is 5.15 Å². The average Bonchev–Trinajstić information content (AvgIpc) is 3.33. The third kappa shape index (κ3) is 5.93. The highest BCUT2D eigenvalue weighted by Crippen LogP contribution is 2.22. The SMILES string of the molecule is CCCCn1nc(C)c(/C=C/C(=O)Nc2cccc(OCCn3cncn3)c2)c1Cl. The largest absolute Gasteiger partial charge is 0.492 e. The molecular weight excluding hydrogens is 404 g/mol. The predicted molar refractivity (Wildman–Crippen MR) is 117 cm³/mol. The van der Waals surface area contributed by atoms with Crippen LogP contribution in [0.4, 0.5) is 5.69 Å². The molecule has 3 aromatic rings. The highest BCUT2D eigenvalue weighted by Gasteiger charge is 2.11. The van der Waals surface area contributed by atoms with Gasteiger partial charge in [0.25, 0.3) is 0 Å². The second kappa shape index (κ2) is 10.6. The Balaban J connectivity index is 1.56. The van der Waals surface area contributed by atoms with E-state index in [-0.39, 0.29) is 5.91 Å². The summed E-state index contributed by atoms with van der Waals surface area (Å²) < 4.78 is 9.18. The molecule has 1 N–H and O–H groups in total. The fourth-order valence-corrected chi connectivity index (χ4v) is 3.15. The number of unbranched alkanes of at least 4 members (excludes halogenated alkanes) is 1. The number of hydrogen-bond donors (Lipinski definition) is 1. The van der Waals surface area contributed by atoms with Crippen LogP contribution in [-0.2, 0) is 17.9 Å². The molecule has 8 nitrogen and oxygen atoms in total. The summed E-state index contributed by atoms with van der Waals surface area (Å²) in [6.07, 6.45) is 8.33. The number of hydrogen-bond acceptors (Lipinski definition) is 5. The van der Waals surface area contributed by atoms with Gasteiger partial charge in [-0.3, -0.25) is 9.48 Å². The Bertz CT molecular complexity index is 997. The predicted octanol–water partition coefficient (Wildman–Crippen LogP) is 3.97. The maximum absolute atomic E-state index is 12.3. The number of carbonyl (C=O) groups is 1. The number of benzene rings is 1. The van der Waals surface area contributed by atoms with Gasteiger partial charge in [-0.15, -0.1) is 0 Å². The van der Waals surface area contributed by atoms with E-state index < -0.39 is 0 Å². The minimum absolute atomic E-state index is 0.258. The lowest BCUT2D eigenvalue weighted by Gasteiger charge is -2.08. The number of rotatable bonds is 10. The third-order valence-corrected chi connectivity index (χ3v) is 4.79. The number of halogens is 1. The Morgan fingerprint density at radius 2 is 2.20 bits per heavy atom. The topological polar surface area (TPSA) is 86.9 Å². The highest BCUT2D eigenvalue weighted by atomic mass is 35.5.